The summed E-state index contributed by atoms with van der Waals surface area (Å²) in [7, 11) is 1.32. The van der Waals surface area contributed by atoms with Crippen molar-refractivity contribution < 1.29 is 17.9 Å². The summed E-state index contributed by atoms with van der Waals surface area (Å²) in [6.07, 6.45) is 2.30. The summed E-state index contributed by atoms with van der Waals surface area (Å²) in [5, 5.41) is 4.03. The fourth-order valence-corrected chi connectivity index (χ4v) is 4.00. The van der Waals surface area contributed by atoms with Crippen molar-refractivity contribution in [3.05, 3.63) is 40.9 Å². The minimum atomic E-state index is -0.993. The van der Waals surface area contributed by atoms with Gasteiger partial charge in [0.05, 0.1) is 18.4 Å². The molecule has 0 amide bonds. The topological polar surface area (TPSA) is 52.3 Å². The van der Waals surface area contributed by atoms with Crippen LogP contribution in [0.3, 0.4) is 0 Å². The van der Waals surface area contributed by atoms with Gasteiger partial charge in [0.1, 0.15) is 35.0 Å². The molecule has 3 aromatic rings. The summed E-state index contributed by atoms with van der Waals surface area (Å²) in [5.74, 6) is -1.75. The lowest BCUT2D eigenvalue weighted by Gasteiger charge is -2.27. The molecule has 1 saturated carbocycles. The quantitative estimate of drug-likeness (QED) is 0.601. The van der Waals surface area contributed by atoms with Crippen LogP contribution in [0.15, 0.2) is 18.5 Å². The molecule has 0 unspecified atom stereocenters. The fourth-order valence-electron chi connectivity index (χ4n) is 3.73. The second-order valence-electron chi connectivity index (χ2n) is 6.56. The van der Waals surface area contributed by atoms with Gasteiger partial charge in [0.2, 0.25) is 0 Å². The van der Waals surface area contributed by atoms with Crippen molar-refractivity contribution in [3.63, 3.8) is 0 Å². The van der Waals surface area contributed by atoms with E-state index >= 15 is 0 Å². The third-order valence-corrected chi connectivity index (χ3v) is 5.19. The van der Waals surface area contributed by atoms with E-state index in [4.69, 9.17) is 16.3 Å². The first-order chi connectivity index (χ1) is 13.0. The highest BCUT2D eigenvalue weighted by atomic mass is 35.5. The molecule has 0 N–H and O–H groups in total. The van der Waals surface area contributed by atoms with E-state index in [1.54, 1.807) is 0 Å². The summed E-state index contributed by atoms with van der Waals surface area (Å²) in [4.78, 5) is 8.12. The predicted octanol–water partition coefficient (Wildman–Crippen LogP) is 4.73. The number of halogens is 4. The molecule has 2 aromatic heterocycles. The number of hydrogen-bond donors (Lipinski definition) is 0. The minimum Gasteiger partial charge on any atom is -0.497 e. The number of aromatic nitrogens is 4. The molecule has 142 valence electrons. The molecule has 2 atom stereocenters. The van der Waals surface area contributed by atoms with Gasteiger partial charge >= 0.3 is 0 Å². The lowest BCUT2D eigenvalue weighted by Crippen LogP contribution is -2.19. The molecule has 1 aliphatic carbocycles. The van der Waals surface area contributed by atoms with E-state index in [0.717, 1.165) is 12.1 Å². The Morgan fingerprint density at radius 1 is 1.19 bits per heavy atom. The van der Waals surface area contributed by atoms with E-state index in [9.17, 15) is 13.2 Å². The van der Waals surface area contributed by atoms with Crippen molar-refractivity contribution in [1.29, 1.82) is 0 Å². The molecule has 1 aromatic carbocycles. The van der Waals surface area contributed by atoms with Crippen LogP contribution in [0.25, 0.3) is 16.9 Å². The van der Waals surface area contributed by atoms with Crippen LogP contribution in [0.5, 0.6) is 5.75 Å². The Bertz CT molecular complexity index is 987. The first-order valence-electron chi connectivity index (χ1n) is 8.56. The summed E-state index contributed by atoms with van der Waals surface area (Å²) in [6, 6.07) is 2.14. The van der Waals surface area contributed by atoms with Gasteiger partial charge in [0.25, 0.3) is 5.78 Å². The van der Waals surface area contributed by atoms with E-state index in [-0.39, 0.29) is 40.1 Å². The van der Waals surface area contributed by atoms with Crippen molar-refractivity contribution in [2.75, 3.05) is 7.11 Å². The third kappa shape index (κ3) is 3.12. The molecule has 2 heterocycles. The van der Waals surface area contributed by atoms with Crippen LogP contribution in [-0.4, -0.2) is 32.9 Å². The minimum absolute atomic E-state index is 0.0442. The van der Waals surface area contributed by atoms with Gasteiger partial charge in [-0.05, 0) is 25.7 Å². The molecule has 5 nitrogen and oxygen atoms in total. The summed E-state index contributed by atoms with van der Waals surface area (Å²) in [6.45, 7) is 0. The van der Waals surface area contributed by atoms with Gasteiger partial charge in [0, 0.05) is 23.6 Å². The lowest BCUT2D eigenvalue weighted by atomic mass is 9.83. The van der Waals surface area contributed by atoms with E-state index < -0.39 is 17.8 Å². The number of ether oxygens (including phenoxy) is 1. The number of fused-ring (bicyclic) bond motifs is 1. The van der Waals surface area contributed by atoms with Crippen LogP contribution >= 0.6 is 11.6 Å². The van der Waals surface area contributed by atoms with Crippen molar-refractivity contribution in [2.24, 2.45) is 0 Å². The first kappa shape index (κ1) is 18.0. The van der Waals surface area contributed by atoms with Crippen molar-refractivity contribution in [3.8, 4) is 16.9 Å². The van der Waals surface area contributed by atoms with Gasteiger partial charge in [-0.3, -0.25) is 0 Å². The van der Waals surface area contributed by atoms with Gasteiger partial charge in [-0.2, -0.15) is 15.1 Å². The molecule has 1 aliphatic rings. The Balaban J connectivity index is 2.01. The molecule has 0 aliphatic heterocycles. The highest BCUT2D eigenvalue weighted by Gasteiger charge is 2.32. The number of nitrogens with zero attached hydrogens (tertiary/aromatic N) is 4. The molecule has 1 fully saturated rings. The summed E-state index contributed by atoms with van der Waals surface area (Å²) in [5.41, 5.74) is 0.168. The van der Waals surface area contributed by atoms with Crippen LogP contribution in [0.4, 0.5) is 13.2 Å². The number of hydrogen-bond acceptors (Lipinski definition) is 4. The maximum absolute atomic E-state index is 14.8. The molecule has 9 heteroatoms. The van der Waals surface area contributed by atoms with Crippen LogP contribution < -0.4 is 4.74 Å². The second-order valence-corrected chi connectivity index (χ2v) is 6.92. The fraction of sp³-hybridized carbons (Fsp3) is 0.389. The molecule has 4 rings (SSSR count). The Labute approximate surface area is 158 Å². The summed E-state index contributed by atoms with van der Waals surface area (Å²) < 4.78 is 50.0. The monoisotopic (exact) mass is 396 g/mol. The van der Waals surface area contributed by atoms with E-state index in [1.807, 2.05) is 0 Å². The standard InChI is InChI=1S/C18H16ClF3N4O/c1-27-11-6-12(21)14(13(22)7-11)15-16(9-3-2-4-10(20)5-9)26-18(23-8-24-26)25-17(15)19/h6-10H,2-5H2,1H3/t9-,10+/m0/s1. The maximum Gasteiger partial charge on any atom is 0.253 e. The molecule has 0 radical (unpaired) electrons. The van der Waals surface area contributed by atoms with Gasteiger partial charge in [-0.15, -0.1) is 0 Å². The van der Waals surface area contributed by atoms with Gasteiger partial charge in [0.15, 0.2) is 0 Å². The third-order valence-electron chi connectivity index (χ3n) is 4.92. The SMILES string of the molecule is COc1cc(F)c(-c2c(Cl)nc3ncnn3c2[C@H]2CCC[C@@H](F)C2)c(F)c1. The number of methoxy groups -OCH3 is 1. The normalized spacial score (nSPS) is 20.2. The van der Waals surface area contributed by atoms with Gasteiger partial charge in [-0.25, -0.2) is 17.7 Å². The predicted molar refractivity (Wildman–Crippen MR) is 93.8 cm³/mol. The first-order valence-corrected chi connectivity index (χ1v) is 8.94. The highest BCUT2D eigenvalue weighted by Crippen LogP contribution is 2.43. The van der Waals surface area contributed by atoms with Crippen LogP contribution in [0.2, 0.25) is 5.15 Å². The average Bonchev–Trinajstić information content (AvgIpc) is 3.08. The lowest BCUT2D eigenvalue weighted by molar-refractivity contribution is 0.229. The highest BCUT2D eigenvalue weighted by molar-refractivity contribution is 6.32. The Morgan fingerprint density at radius 3 is 2.59 bits per heavy atom. The average molecular weight is 397 g/mol. The molecule has 0 bridgehead atoms. The Hall–Kier alpha value is -2.35. The molecule has 0 spiro atoms. The Kier molecular flexibility index (Phi) is 4.67. The zero-order valence-corrected chi connectivity index (χ0v) is 15.2. The van der Waals surface area contributed by atoms with Crippen molar-refractivity contribution in [2.45, 2.75) is 37.8 Å². The van der Waals surface area contributed by atoms with Crippen molar-refractivity contribution >= 4 is 17.4 Å². The van der Waals surface area contributed by atoms with Gasteiger partial charge in [-0.1, -0.05) is 11.6 Å². The van der Waals surface area contributed by atoms with Crippen molar-refractivity contribution in [1.82, 2.24) is 19.6 Å². The van der Waals surface area contributed by atoms with Gasteiger partial charge < -0.3 is 4.74 Å². The number of benzene rings is 1. The number of alkyl halides is 1. The molecule has 0 saturated heterocycles. The van der Waals surface area contributed by atoms with E-state index in [1.165, 1.54) is 18.0 Å². The zero-order chi connectivity index (χ0) is 19.1. The second kappa shape index (κ2) is 6.99. The smallest absolute Gasteiger partial charge is 0.253 e. The zero-order valence-electron chi connectivity index (χ0n) is 14.4. The largest absolute Gasteiger partial charge is 0.497 e. The Morgan fingerprint density at radius 2 is 1.93 bits per heavy atom. The number of rotatable bonds is 3. The van der Waals surface area contributed by atoms with Crippen LogP contribution in [0.1, 0.15) is 37.3 Å². The summed E-state index contributed by atoms with van der Waals surface area (Å²) >= 11 is 6.32. The van der Waals surface area contributed by atoms with E-state index in [2.05, 4.69) is 15.1 Å². The maximum atomic E-state index is 14.8. The van der Waals surface area contributed by atoms with Crippen LogP contribution in [0, 0.1) is 11.6 Å². The van der Waals surface area contributed by atoms with Crippen LogP contribution in [-0.2, 0) is 0 Å². The molecular weight excluding hydrogens is 381 g/mol. The molecular formula is C18H16ClF3N4O. The molecule has 27 heavy (non-hydrogen) atoms. The van der Waals surface area contributed by atoms with E-state index in [0.29, 0.717) is 25.0 Å².